The largest absolute Gasteiger partial charge is 0.330 e. The standard InChI is InChI=1S/C18H34N4O2/c1-17(23)21-13-7-11-19(15-21)9-5-3-4-6-10-20-12-8-14-22(16-20)18(2)24/h3-16H2,1-2H3. The van der Waals surface area contributed by atoms with Crippen LogP contribution in [0.15, 0.2) is 0 Å². The lowest BCUT2D eigenvalue weighted by Crippen LogP contribution is -2.47. The van der Waals surface area contributed by atoms with Crippen LogP contribution in [0.2, 0.25) is 0 Å². The molecule has 0 N–H and O–H groups in total. The summed E-state index contributed by atoms with van der Waals surface area (Å²) in [5.41, 5.74) is 0. The van der Waals surface area contributed by atoms with Gasteiger partial charge in [-0.1, -0.05) is 12.8 Å². The van der Waals surface area contributed by atoms with E-state index in [4.69, 9.17) is 0 Å². The maximum Gasteiger partial charge on any atom is 0.220 e. The maximum atomic E-state index is 11.4. The van der Waals surface area contributed by atoms with Gasteiger partial charge < -0.3 is 9.80 Å². The quantitative estimate of drug-likeness (QED) is 0.661. The molecular weight excluding hydrogens is 304 g/mol. The number of nitrogens with zero attached hydrogens (tertiary/aromatic N) is 4. The monoisotopic (exact) mass is 338 g/mol. The molecule has 0 unspecified atom stereocenters. The molecule has 2 amide bonds. The average molecular weight is 338 g/mol. The van der Waals surface area contributed by atoms with Gasteiger partial charge in [0.25, 0.3) is 0 Å². The van der Waals surface area contributed by atoms with Crippen LogP contribution in [0.3, 0.4) is 0 Å². The molecule has 0 atom stereocenters. The summed E-state index contributed by atoms with van der Waals surface area (Å²) in [7, 11) is 0. The van der Waals surface area contributed by atoms with Crippen molar-refractivity contribution in [2.75, 3.05) is 52.6 Å². The molecule has 2 aliphatic heterocycles. The van der Waals surface area contributed by atoms with Crippen molar-refractivity contribution in [3.05, 3.63) is 0 Å². The number of hydrogen-bond acceptors (Lipinski definition) is 4. The van der Waals surface area contributed by atoms with E-state index in [-0.39, 0.29) is 11.8 Å². The van der Waals surface area contributed by atoms with Crippen molar-refractivity contribution in [1.29, 1.82) is 0 Å². The molecule has 138 valence electrons. The van der Waals surface area contributed by atoms with Crippen molar-refractivity contribution in [3.63, 3.8) is 0 Å². The molecule has 2 aliphatic rings. The molecule has 0 aromatic rings. The third kappa shape index (κ3) is 6.40. The minimum atomic E-state index is 0.195. The molecule has 0 spiro atoms. The highest BCUT2D eigenvalue weighted by Gasteiger charge is 2.19. The summed E-state index contributed by atoms with van der Waals surface area (Å²) in [5.74, 6) is 0.390. The van der Waals surface area contributed by atoms with Gasteiger partial charge >= 0.3 is 0 Å². The summed E-state index contributed by atoms with van der Waals surface area (Å²) < 4.78 is 0. The predicted molar refractivity (Wildman–Crippen MR) is 95.4 cm³/mol. The summed E-state index contributed by atoms with van der Waals surface area (Å²) in [6.07, 6.45) is 7.13. The molecule has 6 heteroatoms. The van der Waals surface area contributed by atoms with Gasteiger partial charge in [0.2, 0.25) is 11.8 Å². The van der Waals surface area contributed by atoms with Crippen molar-refractivity contribution in [3.8, 4) is 0 Å². The van der Waals surface area contributed by atoms with Gasteiger partial charge in [-0.3, -0.25) is 19.4 Å². The molecular formula is C18H34N4O2. The molecule has 2 fully saturated rings. The van der Waals surface area contributed by atoms with E-state index in [1.54, 1.807) is 13.8 Å². The van der Waals surface area contributed by atoms with Gasteiger partial charge in [-0.15, -0.1) is 0 Å². The van der Waals surface area contributed by atoms with Crippen LogP contribution >= 0.6 is 0 Å². The lowest BCUT2D eigenvalue weighted by atomic mass is 10.1. The Morgan fingerprint density at radius 1 is 0.667 bits per heavy atom. The highest BCUT2D eigenvalue weighted by molar-refractivity contribution is 5.73. The minimum absolute atomic E-state index is 0.195. The van der Waals surface area contributed by atoms with Gasteiger partial charge in [0.15, 0.2) is 0 Å². The molecule has 0 aromatic heterocycles. The fourth-order valence-electron chi connectivity index (χ4n) is 3.64. The van der Waals surface area contributed by atoms with Crippen molar-refractivity contribution in [2.45, 2.75) is 52.4 Å². The Balaban J connectivity index is 1.51. The van der Waals surface area contributed by atoms with Crippen molar-refractivity contribution in [2.24, 2.45) is 0 Å². The summed E-state index contributed by atoms with van der Waals surface area (Å²) in [6, 6.07) is 0. The van der Waals surface area contributed by atoms with E-state index in [1.165, 1.54) is 25.7 Å². The zero-order chi connectivity index (χ0) is 17.4. The van der Waals surface area contributed by atoms with E-state index in [9.17, 15) is 9.59 Å². The molecule has 2 saturated heterocycles. The molecule has 6 nitrogen and oxygen atoms in total. The Morgan fingerprint density at radius 3 is 1.46 bits per heavy atom. The number of unbranched alkanes of at least 4 members (excludes halogenated alkanes) is 3. The number of carbonyl (C=O) groups is 2. The topological polar surface area (TPSA) is 47.1 Å². The van der Waals surface area contributed by atoms with Crippen LogP contribution in [0.5, 0.6) is 0 Å². The second kappa shape index (κ2) is 9.99. The Morgan fingerprint density at radius 2 is 1.08 bits per heavy atom. The van der Waals surface area contributed by atoms with Crippen LogP contribution in [0.1, 0.15) is 52.4 Å². The first-order valence-electron chi connectivity index (χ1n) is 9.52. The molecule has 2 rings (SSSR count). The number of rotatable bonds is 7. The van der Waals surface area contributed by atoms with Crippen LogP contribution in [-0.2, 0) is 9.59 Å². The first-order chi connectivity index (χ1) is 11.6. The number of carbonyl (C=O) groups excluding carboxylic acids is 2. The van der Waals surface area contributed by atoms with E-state index in [0.717, 1.165) is 65.4 Å². The van der Waals surface area contributed by atoms with Crippen molar-refractivity contribution in [1.82, 2.24) is 19.6 Å². The Kier molecular flexibility index (Phi) is 7.99. The van der Waals surface area contributed by atoms with Gasteiger partial charge in [0, 0.05) is 40.0 Å². The van der Waals surface area contributed by atoms with Gasteiger partial charge in [0.05, 0.1) is 13.3 Å². The molecule has 0 aromatic carbocycles. The van der Waals surface area contributed by atoms with Gasteiger partial charge in [-0.25, -0.2) is 0 Å². The van der Waals surface area contributed by atoms with Crippen LogP contribution in [0.25, 0.3) is 0 Å². The molecule has 0 saturated carbocycles. The molecule has 2 heterocycles. The third-order valence-electron chi connectivity index (χ3n) is 5.14. The van der Waals surface area contributed by atoms with Crippen LogP contribution < -0.4 is 0 Å². The smallest absolute Gasteiger partial charge is 0.220 e. The molecule has 0 radical (unpaired) electrons. The van der Waals surface area contributed by atoms with Crippen LogP contribution in [-0.4, -0.2) is 84.0 Å². The average Bonchev–Trinajstić information content (AvgIpc) is 2.58. The fourth-order valence-corrected chi connectivity index (χ4v) is 3.64. The van der Waals surface area contributed by atoms with Gasteiger partial charge in [0.1, 0.15) is 0 Å². The minimum Gasteiger partial charge on any atom is -0.330 e. The summed E-state index contributed by atoms with van der Waals surface area (Å²) in [6.45, 7) is 11.2. The second-order valence-electron chi connectivity index (χ2n) is 7.21. The zero-order valence-electron chi connectivity index (χ0n) is 15.5. The third-order valence-corrected chi connectivity index (χ3v) is 5.14. The Labute approximate surface area is 146 Å². The SMILES string of the molecule is CC(=O)N1CCCN(CCCCCCN2CCCN(C(C)=O)C2)C1. The second-order valence-corrected chi connectivity index (χ2v) is 7.21. The molecule has 24 heavy (non-hydrogen) atoms. The molecule has 0 bridgehead atoms. The summed E-state index contributed by atoms with van der Waals surface area (Å²) >= 11 is 0. The van der Waals surface area contributed by atoms with Crippen LogP contribution in [0.4, 0.5) is 0 Å². The van der Waals surface area contributed by atoms with Crippen molar-refractivity contribution < 1.29 is 9.59 Å². The lowest BCUT2D eigenvalue weighted by Gasteiger charge is -2.35. The summed E-state index contributed by atoms with van der Waals surface area (Å²) in [4.78, 5) is 31.6. The van der Waals surface area contributed by atoms with E-state index >= 15 is 0 Å². The van der Waals surface area contributed by atoms with E-state index < -0.39 is 0 Å². The van der Waals surface area contributed by atoms with E-state index in [2.05, 4.69) is 9.80 Å². The molecule has 0 aliphatic carbocycles. The maximum absolute atomic E-state index is 11.4. The van der Waals surface area contributed by atoms with Gasteiger partial charge in [-0.2, -0.15) is 0 Å². The highest BCUT2D eigenvalue weighted by atomic mass is 16.2. The first kappa shape index (κ1) is 19.2. The van der Waals surface area contributed by atoms with E-state index in [0.29, 0.717) is 0 Å². The normalized spacial score (nSPS) is 20.4. The van der Waals surface area contributed by atoms with Crippen molar-refractivity contribution >= 4 is 11.8 Å². The first-order valence-corrected chi connectivity index (χ1v) is 9.52. The van der Waals surface area contributed by atoms with Crippen LogP contribution in [0, 0.1) is 0 Å². The Hall–Kier alpha value is -1.14. The Bertz CT molecular complexity index is 378. The zero-order valence-corrected chi connectivity index (χ0v) is 15.5. The lowest BCUT2D eigenvalue weighted by molar-refractivity contribution is -0.133. The highest BCUT2D eigenvalue weighted by Crippen LogP contribution is 2.11. The number of amides is 2. The summed E-state index contributed by atoms with van der Waals surface area (Å²) in [5, 5.41) is 0. The fraction of sp³-hybridized carbons (Fsp3) is 0.889. The predicted octanol–water partition coefficient (Wildman–Crippen LogP) is 1.57. The number of hydrogen-bond donors (Lipinski definition) is 0. The van der Waals surface area contributed by atoms with Gasteiger partial charge in [-0.05, 0) is 38.8 Å². The van der Waals surface area contributed by atoms with E-state index in [1.807, 2.05) is 9.80 Å².